The molecule has 634 valence electrons. The van der Waals surface area contributed by atoms with E-state index in [9.17, 15) is 0 Å². The van der Waals surface area contributed by atoms with E-state index in [1.807, 2.05) is 18.2 Å². The first-order chi connectivity index (χ1) is 66.9. The number of hydrogen-bond donors (Lipinski definition) is 0. The smallest absolute Gasteiger partial charge is 0.160 e. The highest BCUT2D eigenvalue weighted by Gasteiger charge is 2.24. The number of aromatic nitrogens is 6. The summed E-state index contributed by atoms with van der Waals surface area (Å²) < 4.78 is 6.94. The molecule has 6 aromatic heterocycles. The first-order valence-electron chi connectivity index (χ1n) is 45.3. The summed E-state index contributed by atoms with van der Waals surface area (Å²) in [6, 6.07) is 175. The van der Waals surface area contributed by atoms with Crippen LogP contribution in [0.25, 0.3) is 240 Å². The van der Waals surface area contributed by atoms with Gasteiger partial charge in [-0.05, 0) is 154 Å². The van der Waals surface area contributed by atoms with Crippen molar-refractivity contribution < 1.29 is 0 Å². The summed E-state index contributed by atoms with van der Waals surface area (Å²) in [6.45, 7) is 0. The highest BCUT2D eigenvalue weighted by Crippen LogP contribution is 2.47. The third-order valence-electron chi connectivity index (χ3n) is 24.9. The zero-order valence-corrected chi connectivity index (χ0v) is 75.7. The van der Waals surface area contributed by atoms with E-state index in [0.717, 1.165) is 143 Å². The van der Waals surface area contributed by atoms with Crippen LogP contribution < -0.4 is 0 Å². The molecule has 0 aliphatic heterocycles. The molecule has 0 fully saturated rings. The number of hydrogen-bond acceptors (Lipinski definition) is 9. The Balaban J connectivity index is 0.000000114. The minimum Gasteiger partial charge on any atom is -0.226 e. The fourth-order valence-electron chi connectivity index (χ4n) is 17.9. The van der Waals surface area contributed by atoms with Crippen molar-refractivity contribution in [3.8, 4) is 179 Å². The molecule has 0 saturated carbocycles. The van der Waals surface area contributed by atoms with Crippen LogP contribution in [0.3, 0.4) is 0 Å². The summed E-state index contributed by atoms with van der Waals surface area (Å²) in [6.07, 6.45) is 0. The van der Waals surface area contributed by atoms with Gasteiger partial charge in [0.1, 0.15) is 0 Å². The molecule has 0 atom stereocenters. The van der Waals surface area contributed by atoms with Crippen molar-refractivity contribution in [3.05, 3.63) is 497 Å². The van der Waals surface area contributed by atoms with Crippen molar-refractivity contribution in [2.75, 3.05) is 0 Å². The predicted octanol–water partition coefficient (Wildman–Crippen LogP) is 35.2. The van der Waals surface area contributed by atoms with Crippen LogP contribution in [0.2, 0.25) is 0 Å². The fourth-order valence-corrected chi connectivity index (χ4v) is 21.5. The van der Waals surface area contributed by atoms with Crippen LogP contribution in [0, 0.1) is 0 Å². The molecule has 0 N–H and O–H groups in total. The third-order valence-corrected chi connectivity index (χ3v) is 28.4. The topological polar surface area (TPSA) is 77.3 Å². The summed E-state index contributed by atoms with van der Waals surface area (Å²) in [5, 5.41) is 3.46. The summed E-state index contributed by atoms with van der Waals surface area (Å²) in [5.74, 6) is 2.19. The van der Waals surface area contributed by atoms with Crippen LogP contribution in [-0.2, 0) is 0 Å². The Hall–Kier alpha value is -16.9. The van der Waals surface area contributed by atoms with Crippen LogP contribution in [0.5, 0.6) is 0 Å². The lowest BCUT2D eigenvalue weighted by atomic mass is 9.95. The monoisotopic (exact) mass is 1770 g/mol. The van der Waals surface area contributed by atoms with Gasteiger partial charge < -0.3 is 0 Å². The van der Waals surface area contributed by atoms with E-state index in [-0.39, 0.29) is 0 Å². The van der Waals surface area contributed by atoms with Crippen LogP contribution in [0.15, 0.2) is 497 Å². The second kappa shape index (κ2) is 37.1. The van der Waals surface area contributed by atoms with Gasteiger partial charge in [-0.2, -0.15) is 0 Å². The number of benzene rings is 19. The van der Waals surface area contributed by atoms with Crippen molar-refractivity contribution in [1.82, 2.24) is 29.9 Å². The largest absolute Gasteiger partial charge is 0.226 e. The Labute approximate surface area is 795 Å². The molecule has 0 unspecified atom stereocenters. The van der Waals surface area contributed by atoms with Crippen LogP contribution in [0.4, 0.5) is 0 Å². The van der Waals surface area contributed by atoms with Crippen molar-refractivity contribution >= 4 is 94.9 Å². The van der Waals surface area contributed by atoms with Gasteiger partial charge in [-0.1, -0.05) is 455 Å². The van der Waals surface area contributed by atoms with Crippen LogP contribution >= 0.6 is 34.0 Å². The summed E-state index contributed by atoms with van der Waals surface area (Å²) in [5.41, 5.74) is 35.8. The Bertz CT molecular complexity index is 8490. The zero-order valence-electron chi connectivity index (χ0n) is 73.3. The van der Waals surface area contributed by atoms with Crippen molar-refractivity contribution in [2.24, 2.45) is 0 Å². The summed E-state index contributed by atoms with van der Waals surface area (Å²) >= 11 is 5.31. The van der Waals surface area contributed by atoms with Gasteiger partial charge in [-0.15, -0.1) is 34.0 Å². The van der Waals surface area contributed by atoms with E-state index in [4.69, 9.17) is 29.9 Å². The lowest BCUT2D eigenvalue weighted by Crippen LogP contribution is -1.95. The Morgan fingerprint density at radius 1 is 0.119 bits per heavy atom. The van der Waals surface area contributed by atoms with Gasteiger partial charge in [0, 0.05) is 63.6 Å². The molecule has 6 heterocycles. The minimum atomic E-state index is 0.719. The van der Waals surface area contributed by atoms with Gasteiger partial charge in [0.2, 0.25) is 0 Å². The molecule has 0 spiro atoms. The first-order valence-corrected chi connectivity index (χ1v) is 47.8. The zero-order chi connectivity index (χ0) is 89.8. The molecule has 25 aromatic rings. The molecule has 0 bridgehead atoms. The Morgan fingerprint density at radius 2 is 0.296 bits per heavy atom. The van der Waals surface area contributed by atoms with Gasteiger partial charge in [0.05, 0.1) is 47.7 Å². The first kappa shape index (κ1) is 82.5. The number of fused-ring (bicyclic) bond motifs is 9. The minimum absolute atomic E-state index is 0.719. The maximum absolute atomic E-state index is 5.39. The molecule has 0 aliphatic rings. The standard InChI is InChI=1S/C46H30N2S.2C40H26N2S/c1-5-13-31(14-6-1)35-21-23-36(24-22-35)43-45-44(41-26-25-37(30-42(41)49-45)32-15-7-2-8-16-32)48-46(47-43)40-28-38(33-17-9-3-10-18-33)27-39(29-40)34-19-11-4-12-20-34;1-4-11-27(12-5-1)30-19-21-31(22-20-30)37-39-38(35-24-23-33(26-36(35)43-39)29-15-8-3-9-16-29)42-40(41-37)34-18-10-17-32(25-34)28-13-6-2-7-14-28;1-4-10-27(11-5-1)30-16-20-32(21-17-30)37-39-38(35-25-24-34(26-36(35)43-39)29-14-8-3-9-15-29)42-40(41-37)33-22-18-31(19-23-33)28-12-6-2-7-13-28/h1-30H;2*1-26H. The van der Waals surface area contributed by atoms with E-state index < -0.39 is 0 Å². The maximum Gasteiger partial charge on any atom is 0.160 e. The molecule has 0 radical (unpaired) electrons. The number of thiophene rings is 3. The van der Waals surface area contributed by atoms with E-state index in [1.54, 1.807) is 34.0 Å². The van der Waals surface area contributed by atoms with Crippen molar-refractivity contribution in [3.63, 3.8) is 0 Å². The molecule has 135 heavy (non-hydrogen) atoms. The Kier molecular flexibility index (Phi) is 22.7. The molecule has 9 heteroatoms. The third kappa shape index (κ3) is 17.2. The van der Waals surface area contributed by atoms with Gasteiger partial charge in [0.15, 0.2) is 17.5 Å². The van der Waals surface area contributed by atoms with Gasteiger partial charge >= 0.3 is 0 Å². The average Bonchev–Trinajstić information content (AvgIpc) is 1.61. The summed E-state index contributed by atoms with van der Waals surface area (Å²) in [4.78, 5) is 31.6. The molecular weight excluding hydrogens is 1690 g/mol. The lowest BCUT2D eigenvalue weighted by Gasteiger charge is -2.12. The lowest BCUT2D eigenvalue weighted by molar-refractivity contribution is 1.24. The highest BCUT2D eigenvalue weighted by atomic mass is 32.1. The van der Waals surface area contributed by atoms with E-state index in [2.05, 4.69) is 479 Å². The molecule has 0 saturated heterocycles. The molecule has 19 aromatic carbocycles. The number of nitrogens with zero attached hydrogens (tertiary/aromatic N) is 6. The molecule has 0 aliphatic carbocycles. The SMILES string of the molecule is c1ccc(-c2ccc(-c3nc(-c4cc(-c5ccccc5)cc(-c5ccccc5)c4)nc4c3sc3cc(-c5ccccc5)ccc34)cc2)cc1.c1ccc(-c2ccc(-c3nc(-c4ccc(-c5ccccc5)cc4)c4sc5cc(-c6ccccc6)ccc5c4n3)cc2)cc1.c1ccc(-c2ccc(-c3nc(-c4cccc(-c5ccccc5)c4)nc4c3sc3cc(-c5ccccc5)ccc34)cc2)cc1. The normalized spacial score (nSPS) is 11.3. The van der Waals surface area contributed by atoms with Crippen LogP contribution in [-0.4, -0.2) is 29.9 Å². The van der Waals surface area contributed by atoms with Crippen molar-refractivity contribution in [2.45, 2.75) is 0 Å². The van der Waals surface area contributed by atoms with Gasteiger partial charge in [-0.25, -0.2) is 29.9 Å². The molecule has 6 nitrogen and oxygen atoms in total. The number of rotatable bonds is 16. The van der Waals surface area contributed by atoms with Gasteiger partial charge in [0.25, 0.3) is 0 Å². The summed E-state index contributed by atoms with van der Waals surface area (Å²) in [7, 11) is 0. The predicted molar refractivity (Wildman–Crippen MR) is 572 cm³/mol. The Morgan fingerprint density at radius 3 is 0.570 bits per heavy atom. The second-order valence-electron chi connectivity index (χ2n) is 33.5. The van der Waals surface area contributed by atoms with E-state index >= 15 is 0 Å². The quantitative estimate of drug-likeness (QED) is 0.0959. The average molecular weight is 1780 g/mol. The molecular formula is C126H82N6S3. The fraction of sp³-hybridized carbons (Fsp3) is 0. The molecule has 0 amide bonds. The second-order valence-corrected chi connectivity index (χ2v) is 36.7. The highest BCUT2D eigenvalue weighted by molar-refractivity contribution is 7.27. The van der Waals surface area contributed by atoms with Crippen LogP contribution in [0.1, 0.15) is 0 Å². The van der Waals surface area contributed by atoms with Gasteiger partial charge in [-0.3, -0.25) is 0 Å². The van der Waals surface area contributed by atoms with E-state index in [0.29, 0.717) is 0 Å². The maximum atomic E-state index is 5.39. The van der Waals surface area contributed by atoms with E-state index in [1.165, 1.54) is 97.6 Å². The van der Waals surface area contributed by atoms with Crippen molar-refractivity contribution in [1.29, 1.82) is 0 Å². The molecule has 25 rings (SSSR count).